The van der Waals surface area contributed by atoms with Crippen molar-refractivity contribution in [2.24, 2.45) is 0 Å². The Balaban J connectivity index is 0.00000196. The maximum atomic E-state index is 12.6. The maximum Gasteiger partial charge on any atom is 0.337 e. The van der Waals surface area contributed by atoms with E-state index in [1.165, 1.54) is 10.4 Å². The van der Waals surface area contributed by atoms with Gasteiger partial charge in [0.1, 0.15) is 31.6 Å². The summed E-state index contributed by atoms with van der Waals surface area (Å²) in [6.07, 6.45) is 2.19. The molecule has 134 valence electrons. The third kappa shape index (κ3) is 3.66. The second-order valence-corrected chi connectivity index (χ2v) is 7.02. The Kier molecular flexibility index (Phi) is 5.74. The van der Waals surface area contributed by atoms with E-state index >= 15 is 0 Å². The quantitative estimate of drug-likeness (QED) is 0.434. The van der Waals surface area contributed by atoms with Gasteiger partial charge in [0.25, 0.3) is 0 Å². The molecule has 0 spiro atoms. The van der Waals surface area contributed by atoms with E-state index in [0.717, 1.165) is 29.5 Å². The zero-order chi connectivity index (χ0) is 17.2. The summed E-state index contributed by atoms with van der Waals surface area (Å²) >= 11 is 1.74. The van der Waals surface area contributed by atoms with Gasteiger partial charge in [0, 0.05) is 5.56 Å². The number of Topliss-reactive ketones (excluding diaryl/α,β-unsaturated/α-hetero) is 1. The molecule has 4 nitrogen and oxygen atoms in total. The minimum absolute atomic E-state index is 0. The minimum Gasteiger partial charge on any atom is -1.00 e. The standard InChI is InChI=1S/C20H19N2O2S.BrH/c1-24-17-9-7-15(8-10-17)18(23)13-21-11-12-22-14-19(25-20(21)22)16-5-3-2-4-6-16;/h2-10,14H,11-13H2,1H3;1H/q+1;/p-1. The first-order valence-electron chi connectivity index (χ1n) is 8.25. The van der Waals surface area contributed by atoms with Crippen molar-refractivity contribution in [1.82, 2.24) is 0 Å². The molecule has 0 atom stereocenters. The Hall–Kier alpha value is -2.18. The number of hydrogen-bond donors (Lipinski definition) is 0. The number of benzene rings is 2. The minimum atomic E-state index is 0. The highest BCUT2D eigenvalue weighted by Gasteiger charge is 2.32. The molecule has 0 aliphatic carbocycles. The zero-order valence-electron chi connectivity index (χ0n) is 14.4. The molecule has 1 aromatic heterocycles. The number of anilines is 1. The van der Waals surface area contributed by atoms with Crippen LogP contribution in [-0.4, -0.2) is 26.0 Å². The van der Waals surface area contributed by atoms with Crippen LogP contribution in [0.1, 0.15) is 10.4 Å². The van der Waals surface area contributed by atoms with Crippen molar-refractivity contribution in [1.29, 1.82) is 0 Å². The molecule has 0 N–H and O–H groups in total. The van der Waals surface area contributed by atoms with Crippen molar-refractivity contribution in [2.45, 2.75) is 6.54 Å². The Morgan fingerprint density at radius 1 is 1.15 bits per heavy atom. The van der Waals surface area contributed by atoms with Gasteiger partial charge in [-0.05, 0) is 41.2 Å². The number of thiazole rings is 1. The normalized spacial score (nSPS) is 12.4. The number of fused-ring (bicyclic) bond motifs is 1. The van der Waals surface area contributed by atoms with E-state index in [-0.39, 0.29) is 22.8 Å². The zero-order valence-corrected chi connectivity index (χ0v) is 16.8. The molecule has 2 heterocycles. The molecule has 0 saturated carbocycles. The van der Waals surface area contributed by atoms with Crippen LogP contribution < -0.4 is 31.2 Å². The molecule has 0 unspecified atom stereocenters. The molecular formula is C20H19BrN2O2S. The molecule has 4 rings (SSSR count). The van der Waals surface area contributed by atoms with Crippen molar-refractivity contribution in [3.05, 3.63) is 66.4 Å². The molecule has 1 aliphatic heterocycles. The summed E-state index contributed by atoms with van der Waals surface area (Å²) in [5, 5.41) is 1.15. The highest BCUT2D eigenvalue weighted by molar-refractivity contribution is 7.18. The predicted octanol–water partition coefficient (Wildman–Crippen LogP) is 0.418. The fraction of sp³-hybridized carbons (Fsp3) is 0.200. The van der Waals surface area contributed by atoms with Gasteiger partial charge >= 0.3 is 5.13 Å². The lowest BCUT2D eigenvalue weighted by atomic mass is 10.1. The van der Waals surface area contributed by atoms with Crippen LogP contribution in [0.15, 0.2) is 60.8 Å². The van der Waals surface area contributed by atoms with E-state index in [0.29, 0.717) is 6.54 Å². The van der Waals surface area contributed by atoms with Gasteiger partial charge in [0.2, 0.25) is 5.78 Å². The van der Waals surface area contributed by atoms with Crippen molar-refractivity contribution < 1.29 is 31.1 Å². The molecule has 26 heavy (non-hydrogen) atoms. The largest absolute Gasteiger partial charge is 1.00 e. The van der Waals surface area contributed by atoms with Crippen LogP contribution in [0.5, 0.6) is 5.75 Å². The van der Waals surface area contributed by atoms with Gasteiger partial charge in [-0.15, -0.1) is 0 Å². The SMILES string of the molecule is COc1ccc(C(=O)CN2CC[n+]3cc(-c4ccccc4)sc32)cc1.[Br-]. The average molecular weight is 431 g/mol. The van der Waals surface area contributed by atoms with E-state index in [1.54, 1.807) is 18.4 Å². The van der Waals surface area contributed by atoms with Crippen LogP contribution in [0.3, 0.4) is 0 Å². The second kappa shape index (κ2) is 8.01. The lowest BCUT2D eigenvalue weighted by Gasteiger charge is -2.08. The number of carbonyl (C=O) groups is 1. The van der Waals surface area contributed by atoms with Crippen LogP contribution >= 0.6 is 11.3 Å². The predicted molar refractivity (Wildman–Crippen MR) is 99.5 cm³/mol. The molecule has 0 amide bonds. The number of halogens is 1. The lowest BCUT2D eigenvalue weighted by Crippen LogP contribution is -3.00. The van der Waals surface area contributed by atoms with E-state index in [9.17, 15) is 4.79 Å². The van der Waals surface area contributed by atoms with Crippen molar-refractivity contribution in [3.8, 4) is 16.2 Å². The fourth-order valence-electron chi connectivity index (χ4n) is 3.03. The topological polar surface area (TPSA) is 33.4 Å². The summed E-state index contributed by atoms with van der Waals surface area (Å²) in [6.45, 7) is 2.21. The Morgan fingerprint density at radius 3 is 2.58 bits per heavy atom. The Bertz CT molecular complexity index is 894. The molecule has 0 saturated heterocycles. The van der Waals surface area contributed by atoms with Crippen molar-refractivity contribution in [2.75, 3.05) is 25.1 Å². The third-order valence-electron chi connectivity index (χ3n) is 4.41. The van der Waals surface area contributed by atoms with Gasteiger partial charge in [-0.2, -0.15) is 0 Å². The third-order valence-corrected chi connectivity index (χ3v) is 5.64. The first-order chi connectivity index (χ1) is 12.2. The summed E-state index contributed by atoms with van der Waals surface area (Å²) < 4.78 is 7.39. The number of carbonyl (C=O) groups excluding carboxylic acids is 1. The molecule has 2 aromatic carbocycles. The number of hydrogen-bond acceptors (Lipinski definition) is 4. The van der Waals surface area contributed by atoms with E-state index in [4.69, 9.17) is 4.74 Å². The fourth-order valence-corrected chi connectivity index (χ4v) is 4.21. The number of ether oxygens (including phenoxy) is 1. The van der Waals surface area contributed by atoms with Crippen molar-refractivity contribution in [3.63, 3.8) is 0 Å². The van der Waals surface area contributed by atoms with Crippen LogP contribution in [-0.2, 0) is 6.54 Å². The molecule has 6 heteroatoms. The smallest absolute Gasteiger partial charge is 0.337 e. The average Bonchev–Trinajstić information content (AvgIpc) is 3.24. The van der Waals surface area contributed by atoms with E-state index in [1.807, 2.05) is 30.3 Å². The first kappa shape index (κ1) is 18.6. The van der Waals surface area contributed by atoms with Gasteiger partial charge < -0.3 is 21.7 Å². The monoisotopic (exact) mass is 430 g/mol. The summed E-state index contributed by atoms with van der Waals surface area (Å²) in [6, 6.07) is 17.7. The number of aromatic nitrogens is 1. The highest BCUT2D eigenvalue weighted by Crippen LogP contribution is 2.31. The van der Waals surface area contributed by atoms with Crippen molar-refractivity contribution >= 4 is 22.3 Å². The van der Waals surface area contributed by atoms with E-state index < -0.39 is 0 Å². The van der Waals surface area contributed by atoms with Crippen LogP contribution in [0.2, 0.25) is 0 Å². The Morgan fingerprint density at radius 2 is 1.88 bits per heavy atom. The van der Waals surface area contributed by atoms with Gasteiger partial charge in [-0.1, -0.05) is 30.3 Å². The van der Waals surface area contributed by atoms with Gasteiger partial charge in [-0.3, -0.25) is 4.79 Å². The highest BCUT2D eigenvalue weighted by atomic mass is 79.9. The number of ketones is 1. The summed E-state index contributed by atoms with van der Waals surface area (Å²) in [5.41, 5.74) is 1.94. The molecule has 1 aliphatic rings. The lowest BCUT2D eigenvalue weighted by molar-refractivity contribution is -0.666. The number of nitrogens with zero attached hydrogens (tertiary/aromatic N) is 2. The number of methoxy groups -OCH3 is 1. The van der Waals surface area contributed by atoms with Gasteiger partial charge in [0.15, 0.2) is 0 Å². The van der Waals surface area contributed by atoms with Crippen LogP contribution in [0.4, 0.5) is 5.13 Å². The first-order valence-corrected chi connectivity index (χ1v) is 9.07. The van der Waals surface area contributed by atoms with Crippen LogP contribution in [0, 0.1) is 0 Å². The molecule has 0 bridgehead atoms. The molecule has 0 radical (unpaired) electrons. The molecular weight excluding hydrogens is 412 g/mol. The number of rotatable bonds is 5. The Labute approximate surface area is 167 Å². The summed E-state index contributed by atoms with van der Waals surface area (Å²) in [5.74, 6) is 0.895. The second-order valence-electron chi connectivity index (χ2n) is 6.01. The van der Waals surface area contributed by atoms with Crippen LogP contribution in [0.25, 0.3) is 10.4 Å². The van der Waals surface area contributed by atoms with Gasteiger partial charge in [0.05, 0.1) is 12.0 Å². The van der Waals surface area contributed by atoms with E-state index in [2.05, 4.69) is 39.9 Å². The molecule has 0 fully saturated rings. The van der Waals surface area contributed by atoms with Gasteiger partial charge in [-0.25, -0.2) is 9.47 Å². The summed E-state index contributed by atoms with van der Waals surface area (Å²) in [7, 11) is 1.63. The molecule has 3 aromatic rings. The summed E-state index contributed by atoms with van der Waals surface area (Å²) in [4.78, 5) is 16.0. The maximum absolute atomic E-state index is 12.6.